The first kappa shape index (κ1) is 29.8. The van der Waals surface area contributed by atoms with Crippen LogP contribution in [0.5, 0.6) is 0 Å². The molecule has 0 aliphatic rings. The van der Waals surface area contributed by atoms with Gasteiger partial charge >= 0.3 is 19.2 Å². The van der Waals surface area contributed by atoms with Gasteiger partial charge in [-0.25, -0.2) is 9.18 Å². The van der Waals surface area contributed by atoms with Crippen LogP contribution < -0.4 is 0 Å². The van der Waals surface area contributed by atoms with Crippen LogP contribution in [0, 0.1) is 23.6 Å². The van der Waals surface area contributed by atoms with E-state index >= 15 is 0 Å². The molecule has 3 N–H and O–H groups in total. The summed E-state index contributed by atoms with van der Waals surface area (Å²) in [5.74, 6) is 2.10. The van der Waals surface area contributed by atoms with Gasteiger partial charge in [0.1, 0.15) is 5.82 Å². The number of benzene rings is 3. The molecule has 0 radical (unpaired) electrons. The van der Waals surface area contributed by atoms with Crippen LogP contribution in [0.4, 0.5) is 4.39 Å². The highest BCUT2D eigenvalue weighted by atomic mass is 31.1. The van der Waals surface area contributed by atoms with Gasteiger partial charge in [0.25, 0.3) is 0 Å². The van der Waals surface area contributed by atoms with E-state index < -0.39 is 42.9 Å². The second-order valence-electron chi connectivity index (χ2n) is 10.1. The first-order chi connectivity index (χ1) is 19.6. The summed E-state index contributed by atoms with van der Waals surface area (Å²) in [6, 6.07) is 29.0. The monoisotopic (exact) mass is 570 g/mol. The van der Waals surface area contributed by atoms with Gasteiger partial charge in [0, 0.05) is 12.3 Å². The second-order valence-corrected chi connectivity index (χ2v) is 11.3. The zero-order chi connectivity index (χ0) is 29.6. The maximum atomic E-state index is 13.7. The molecule has 0 saturated carbocycles. The first-order valence-corrected chi connectivity index (χ1v) is 14.3. The van der Waals surface area contributed by atoms with Gasteiger partial charge < -0.3 is 10.2 Å². The van der Waals surface area contributed by atoms with E-state index in [1.54, 1.807) is 26.0 Å². The standard InChI is InChI=1S/C33H29FNO5P/c1-23(2)20-21-33(31(36)37,41(39)40)32(38,22-24-16-18-27(34)19-17-24)29-15-9-14-28(35-29)30(25-10-5-3-6-11-25)26-12-7-4-8-13-26/h3-19,23,30,38H,22H2,1-2H3,(H-,36,37,39,40)/p+1. The van der Waals surface area contributed by atoms with E-state index in [2.05, 4.69) is 11.8 Å². The molecule has 0 amide bonds. The molecule has 41 heavy (non-hydrogen) atoms. The summed E-state index contributed by atoms with van der Waals surface area (Å²) in [6.45, 7) is 3.40. The number of carbonyl (C=O) groups is 1. The van der Waals surface area contributed by atoms with E-state index in [0.717, 1.165) is 11.1 Å². The minimum Gasteiger partial charge on any atom is -0.477 e. The summed E-state index contributed by atoms with van der Waals surface area (Å²) in [4.78, 5) is 28.3. The molecule has 3 aromatic carbocycles. The van der Waals surface area contributed by atoms with E-state index in [9.17, 15) is 28.9 Å². The molecule has 0 aliphatic heterocycles. The molecule has 0 aliphatic carbocycles. The number of pyridine rings is 1. The van der Waals surface area contributed by atoms with Crippen molar-refractivity contribution in [2.75, 3.05) is 0 Å². The number of aliphatic hydroxyl groups is 1. The molecule has 1 aromatic heterocycles. The number of nitrogens with zero attached hydrogens (tertiary/aromatic N) is 1. The van der Waals surface area contributed by atoms with Crippen LogP contribution >= 0.6 is 8.03 Å². The van der Waals surface area contributed by atoms with Crippen molar-refractivity contribution in [3.05, 3.63) is 137 Å². The van der Waals surface area contributed by atoms with Crippen molar-refractivity contribution in [1.82, 2.24) is 4.98 Å². The molecular formula is C33H30FNO5P+. The molecular weight excluding hydrogens is 540 g/mol. The lowest BCUT2D eigenvalue weighted by Gasteiger charge is -2.33. The molecule has 208 valence electrons. The molecule has 1 heterocycles. The zero-order valence-corrected chi connectivity index (χ0v) is 23.5. The fourth-order valence-electron chi connectivity index (χ4n) is 4.84. The summed E-state index contributed by atoms with van der Waals surface area (Å²) >= 11 is 0. The third-order valence-corrected chi connectivity index (χ3v) is 8.11. The fourth-order valence-corrected chi connectivity index (χ4v) is 5.67. The summed E-state index contributed by atoms with van der Waals surface area (Å²) in [7, 11) is -3.63. The topological polar surface area (TPSA) is 108 Å². The minimum absolute atomic E-state index is 0.144. The molecule has 4 aromatic rings. The summed E-state index contributed by atoms with van der Waals surface area (Å²) < 4.78 is 26.7. The molecule has 0 fully saturated rings. The number of aromatic nitrogens is 1. The molecule has 6 nitrogen and oxygen atoms in total. The van der Waals surface area contributed by atoms with E-state index in [1.165, 1.54) is 30.3 Å². The van der Waals surface area contributed by atoms with Gasteiger partial charge in [-0.05, 0) is 51.4 Å². The predicted molar refractivity (Wildman–Crippen MR) is 155 cm³/mol. The van der Waals surface area contributed by atoms with Gasteiger partial charge in [-0.15, -0.1) is 0 Å². The lowest BCUT2D eigenvalue weighted by atomic mass is 9.77. The van der Waals surface area contributed by atoms with Gasteiger partial charge in [-0.2, -0.15) is 4.89 Å². The molecule has 8 heteroatoms. The number of rotatable bonds is 9. The third-order valence-electron chi connectivity index (χ3n) is 6.87. The average Bonchev–Trinajstić information content (AvgIpc) is 2.95. The Morgan fingerprint density at radius 2 is 1.46 bits per heavy atom. The van der Waals surface area contributed by atoms with Gasteiger partial charge in [0.2, 0.25) is 0 Å². The van der Waals surface area contributed by atoms with Crippen molar-refractivity contribution < 1.29 is 28.9 Å². The SMILES string of the molecule is CC(C)C#CC(C(=O)O)([P+](=O)O)C(O)(Cc1ccc(F)cc1)c1cccc(C(c2ccccc2)c2ccccc2)n1. The number of aliphatic carboxylic acids is 1. The van der Waals surface area contributed by atoms with Crippen LogP contribution in [0.3, 0.4) is 0 Å². The van der Waals surface area contributed by atoms with E-state index in [-0.39, 0.29) is 11.6 Å². The largest absolute Gasteiger partial charge is 0.541 e. The number of hydrogen-bond donors (Lipinski definition) is 3. The molecule has 3 atom stereocenters. The molecule has 0 bridgehead atoms. The van der Waals surface area contributed by atoms with Crippen LogP contribution in [-0.2, 0) is 21.4 Å². The molecule has 4 rings (SSSR count). The average molecular weight is 571 g/mol. The second kappa shape index (κ2) is 12.5. The Hall–Kier alpha value is -4.21. The van der Waals surface area contributed by atoms with Gasteiger partial charge in [0.05, 0.1) is 17.3 Å². The van der Waals surface area contributed by atoms with Gasteiger partial charge in [-0.1, -0.05) is 98.6 Å². The fraction of sp³-hybridized carbons (Fsp3) is 0.212. The maximum Gasteiger partial charge on any atom is 0.541 e. The Morgan fingerprint density at radius 1 is 0.902 bits per heavy atom. The number of hydrogen-bond acceptors (Lipinski definition) is 4. The molecule has 0 spiro atoms. The van der Waals surface area contributed by atoms with Crippen LogP contribution in [0.2, 0.25) is 0 Å². The number of halogens is 1. The summed E-state index contributed by atoms with van der Waals surface area (Å²) in [6.07, 6.45) is -0.466. The number of carboxylic acid groups (broad SMARTS) is 1. The Balaban J connectivity index is 2.00. The van der Waals surface area contributed by atoms with Gasteiger partial charge in [0.15, 0.2) is 5.60 Å². The normalized spacial score (nSPS) is 14.5. The van der Waals surface area contributed by atoms with Crippen LogP contribution in [-0.4, -0.2) is 31.2 Å². The van der Waals surface area contributed by atoms with Crippen molar-refractivity contribution in [2.45, 2.75) is 36.9 Å². The van der Waals surface area contributed by atoms with Crippen LogP contribution in [0.25, 0.3) is 0 Å². The Kier molecular flexibility index (Phi) is 9.10. The first-order valence-electron chi connectivity index (χ1n) is 13.0. The zero-order valence-electron chi connectivity index (χ0n) is 22.6. The summed E-state index contributed by atoms with van der Waals surface area (Å²) in [5.41, 5.74) is -0.104. The highest BCUT2D eigenvalue weighted by molar-refractivity contribution is 7.42. The lowest BCUT2D eigenvalue weighted by molar-refractivity contribution is -0.146. The Morgan fingerprint density at radius 3 is 1.95 bits per heavy atom. The van der Waals surface area contributed by atoms with Crippen LogP contribution in [0.1, 0.15) is 47.8 Å². The van der Waals surface area contributed by atoms with Crippen molar-refractivity contribution >= 4 is 14.0 Å². The summed E-state index contributed by atoms with van der Waals surface area (Å²) in [5, 5.41) is 20.1. The van der Waals surface area contributed by atoms with Crippen molar-refractivity contribution in [1.29, 1.82) is 0 Å². The highest BCUT2D eigenvalue weighted by Gasteiger charge is 2.72. The minimum atomic E-state index is -3.63. The Bertz CT molecular complexity index is 1530. The predicted octanol–water partition coefficient (Wildman–Crippen LogP) is 6.05. The van der Waals surface area contributed by atoms with Crippen molar-refractivity contribution in [2.24, 2.45) is 5.92 Å². The molecule has 3 unspecified atom stereocenters. The van der Waals surface area contributed by atoms with E-state index in [1.807, 2.05) is 60.7 Å². The van der Waals surface area contributed by atoms with E-state index in [0.29, 0.717) is 11.3 Å². The van der Waals surface area contributed by atoms with Gasteiger partial charge in [-0.3, -0.25) is 4.98 Å². The quantitative estimate of drug-likeness (QED) is 0.167. The van der Waals surface area contributed by atoms with Crippen LogP contribution in [0.15, 0.2) is 103 Å². The number of carboxylic acids is 1. The van der Waals surface area contributed by atoms with E-state index in [4.69, 9.17) is 4.98 Å². The maximum absolute atomic E-state index is 13.7. The van der Waals surface area contributed by atoms with Crippen molar-refractivity contribution in [3.8, 4) is 11.8 Å². The van der Waals surface area contributed by atoms with Crippen molar-refractivity contribution in [3.63, 3.8) is 0 Å². The Labute approximate surface area is 239 Å². The smallest absolute Gasteiger partial charge is 0.477 e. The molecule has 0 saturated heterocycles. The third kappa shape index (κ3) is 6.11. The highest BCUT2D eigenvalue weighted by Crippen LogP contribution is 2.51. The lowest BCUT2D eigenvalue weighted by Crippen LogP contribution is -2.56.